The van der Waals surface area contributed by atoms with Crippen LogP contribution in [0.4, 0.5) is 11.4 Å². The van der Waals surface area contributed by atoms with Gasteiger partial charge < -0.3 is 30.4 Å². The van der Waals surface area contributed by atoms with E-state index in [-0.39, 0.29) is 24.3 Å². The standard InChI is InChI=1S/C52H50N4O6/c53-35-37-9-13-39(14-10-37)41-17-23-45(24-18-41)59-29-5-1-3-7-31-61-51(57)49-33-43(55)21-27-47(49)48-28-22-44(56)34-50(48)52(58)62-32-8-4-2-6-30-60-46-25-19-42(20-26-46)40-15-11-38(36-54)12-16-40/h9-28,33-34H,1-8,29-32,55-56H2. The van der Waals surface area contributed by atoms with Crippen molar-refractivity contribution in [2.75, 3.05) is 37.9 Å². The first-order valence-electron chi connectivity index (χ1n) is 20.9. The Morgan fingerprint density at radius 3 is 1.08 bits per heavy atom. The zero-order chi connectivity index (χ0) is 43.5. The molecule has 10 heteroatoms. The number of esters is 2. The Kier molecular flexibility index (Phi) is 16.1. The molecule has 0 aliphatic heterocycles. The molecule has 62 heavy (non-hydrogen) atoms. The summed E-state index contributed by atoms with van der Waals surface area (Å²) in [5.41, 5.74) is 20.0. The van der Waals surface area contributed by atoms with Gasteiger partial charge in [0.05, 0.1) is 60.8 Å². The maximum Gasteiger partial charge on any atom is 0.338 e. The Morgan fingerprint density at radius 1 is 0.419 bits per heavy atom. The van der Waals surface area contributed by atoms with Gasteiger partial charge >= 0.3 is 11.9 Å². The minimum atomic E-state index is -0.527. The highest BCUT2D eigenvalue weighted by Crippen LogP contribution is 2.32. The summed E-state index contributed by atoms with van der Waals surface area (Å²) in [6.07, 6.45) is 6.62. The molecule has 6 rings (SSSR count). The van der Waals surface area contributed by atoms with Gasteiger partial charge in [0.25, 0.3) is 0 Å². The van der Waals surface area contributed by atoms with E-state index in [0.29, 0.717) is 59.7 Å². The zero-order valence-corrected chi connectivity index (χ0v) is 34.7. The summed E-state index contributed by atoms with van der Waals surface area (Å²) in [7, 11) is 0. The molecule has 0 fully saturated rings. The fourth-order valence-corrected chi connectivity index (χ4v) is 6.87. The molecular weight excluding hydrogens is 777 g/mol. The second kappa shape index (κ2) is 22.7. The summed E-state index contributed by atoms with van der Waals surface area (Å²) in [5.74, 6) is 0.532. The molecule has 6 aromatic rings. The van der Waals surface area contributed by atoms with Crippen molar-refractivity contribution in [2.24, 2.45) is 0 Å². The third kappa shape index (κ3) is 12.7. The molecule has 0 bridgehead atoms. The van der Waals surface area contributed by atoms with Gasteiger partial charge in [0.2, 0.25) is 0 Å². The van der Waals surface area contributed by atoms with Crippen LogP contribution in [0.25, 0.3) is 33.4 Å². The number of nitriles is 2. The smallest absolute Gasteiger partial charge is 0.338 e. The number of benzene rings is 6. The number of carbonyl (C=O) groups is 2. The molecule has 0 aliphatic rings. The van der Waals surface area contributed by atoms with Crippen LogP contribution < -0.4 is 20.9 Å². The molecule has 6 aromatic carbocycles. The zero-order valence-electron chi connectivity index (χ0n) is 34.7. The van der Waals surface area contributed by atoms with Crippen LogP contribution in [0.5, 0.6) is 11.5 Å². The average molecular weight is 827 g/mol. The molecular formula is C52H50N4O6. The lowest BCUT2D eigenvalue weighted by molar-refractivity contribution is 0.0486. The Bertz CT molecular complexity index is 2310. The van der Waals surface area contributed by atoms with E-state index in [1.54, 1.807) is 60.7 Å². The summed E-state index contributed by atoms with van der Waals surface area (Å²) >= 11 is 0. The molecule has 0 unspecified atom stereocenters. The van der Waals surface area contributed by atoms with Crippen molar-refractivity contribution in [3.05, 3.63) is 156 Å². The number of rotatable bonds is 21. The molecule has 0 spiro atoms. The molecule has 0 saturated carbocycles. The summed E-state index contributed by atoms with van der Waals surface area (Å²) in [5, 5.41) is 18.0. The van der Waals surface area contributed by atoms with Gasteiger partial charge in [0.15, 0.2) is 0 Å². The van der Waals surface area contributed by atoms with Crippen LogP contribution in [0.15, 0.2) is 133 Å². The lowest BCUT2D eigenvalue weighted by atomic mass is 9.94. The highest BCUT2D eigenvalue weighted by Gasteiger charge is 2.21. The van der Waals surface area contributed by atoms with Gasteiger partial charge in [-0.3, -0.25) is 0 Å². The average Bonchev–Trinajstić information content (AvgIpc) is 3.31. The van der Waals surface area contributed by atoms with Crippen LogP contribution >= 0.6 is 0 Å². The number of hydrogen-bond donors (Lipinski definition) is 2. The van der Waals surface area contributed by atoms with E-state index in [2.05, 4.69) is 12.1 Å². The van der Waals surface area contributed by atoms with Gasteiger partial charge in [-0.1, -0.05) is 60.7 Å². The van der Waals surface area contributed by atoms with Crippen molar-refractivity contribution in [1.29, 1.82) is 10.5 Å². The minimum Gasteiger partial charge on any atom is -0.494 e. The van der Waals surface area contributed by atoms with E-state index < -0.39 is 11.9 Å². The highest BCUT2D eigenvalue weighted by molar-refractivity contribution is 6.04. The van der Waals surface area contributed by atoms with Crippen molar-refractivity contribution < 1.29 is 28.5 Å². The van der Waals surface area contributed by atoms with Crippen LogP contribution in [0, 0.1) is 22.7 Å². The first-order valence-corrected chi connectivity index (χ1v) is 20.9. The molecule has 10 nitrogen and oxygen atoms in total. The summed E-state index contributed by atoms with van der Waals surface area (Å²) < 4.78 is 23.2. The molecule has 0 saturated heterocycles. The van der Waals surface area contributed by atoms with Gasteiger partial charge in [0.1, 0.15) is 11.5 Å². The van der Waals surface area contributed by atoms with Gasteiger partial charge in [-0.2, -0.15) is 10.5 Å². The van der Waals surface area contributed by atoms with Crippen LogP contribution in [-0.2, 0) is 9.47 Å². The Balaban J connectivity index is 0.893. The molecule has 0 amide bonds. The molecule has 314 valence electrons. The van der Waals surface area contributed by atoms with E-state index in [1.165, 1.54) is 0 Å². The quantitative estimate of drug-likeness (QED) is 0.0404. The van der Waals surface area contributed by atoms with Crippen molar-refractivity contribution in [2.45, 2.75) is 51.4 Å². The monoisotopic (exact) mass is 826 g/mol. The Hall–Kier alpha value is -7.56. The van der Waals surface area contributed by atoms with Crippen molar-refractivity contribution in [3.8, 4) is 57.0 Å². The fraction of sp³-hybridized carbons (Fsp3) is 0.231. The van der Waals surface area contributed by atoms with Crippen LogP contribution in [0.2, 0.25) is 0 Å². The number of nitrogen functional groups attached to an aromatic ring is 2. The maximum absolute atomic E-state index is 13.4. The van der Waals surface area contributed by atoms with Gasteiger partial charge in [-0.05, 0) is 158 Å². The lowest BCUT2D eigenvalue weighted by Crippen LogP contribution is -2.12. The van der Waals surface area contributed by atoms with Gasteiger partial charge in [-0.15, -0.1) is 0 Å². The van der Waals surface area contributed by atoms with E-state index in [1.807, 2.05) is 72.8 Å². The second-order valence-electron chi connectivity index (χ2n) is 14.8. The second-order valence-corrected chi connectivity index (χ2v) is 14.8. The number of unbranched alkanes of at least 4 members (excludes halogenated alkanes) is 6. The third-order valence-electron chi connectivity index (χ3n) is 10.3. The first-order chi connectivity index (χ1) is 30.3. The van der Waals surface area contributed by atoms with Crippen molar-refractivity contribution in [1.82, 2.24) is 0 Å². The molecule has 0 heterocycles. The van der Waals surface area contributed by atoms with E-state index in [4.69, 9.17) is 40.9 Å². The SMILES string of the molecule is N#Cc1ccc(-c2ccc(OCCCCCCOC(=O)c3cc(N)ccc3-c3ccc(N)cc3C(=O)OCCCCCCOc3ccc(-c4ccc(C#N)cc4)cc3)cc2)cc1. The minimum absolute atomic E-state index is 0.238. The maximum atomic E-state index is 13.4. The van der Waals surface area contributed by atoms with E-state index >= 15 is 0 Å². The summed E-state index contributed by atoms with van der Waals surface area (Å²) in [6, 6.07) is 44.9. The summed E-state index contributed by atoms with van der Waals surface area (Å²) in [4.78, 5) is 26.8. The number of hydrogen-bond acceptors (Lipinski definition) is 10. The Labute approximate surface area is 363 Å². The van der Waals surface area contributed by atoms with Crippen LogP contribution in [-0.4, -0.2) is 38.4 Å². The van der Waals surface area contributed by atoms with Gasteiger partial charge in [-0.25, -0.2) is 9.59 Å². The first kappa shape index (κ1) is 44.0. The molecule has 0 aromatic heterocycles. The topological polar surface area (TPSA) is 171 Å². The number of carbonyl (C=O) groups excluding carboxylic acids is 2. The van der Waals surface area contributed by atoms with E-state index in [0.717, 1.165) is 72.3 Å². The van der Waals surface area contributed by atoms with Crippen molar-refractivity contribution >= 4 is 23.3 Å². The lowest BCUT2D eigenvalue weighted by Gasteiger charge is -2.15. The van der Waals surface area contributed by atoms with Crippen LogP contribution in [0.3, 0.4) is 0 Å². The van der Waals surface area contributed by atoms with Crippen molar-refractivity contribution in [3.63, 3.8) is 0 Å². The molecule has 0 aliphatic carbocycles. The van der Waals surface area contributed by atoms with Gasteiger partial charge in [0, 0.05) is 11.4 Å². The number of nitrogens with zero attached hydrogens (tertiary/aromatic N) is 2. The molecule has 4 N–H and O–H groups in total. The number of anilines is 2. The van der Waals surface area contributed by atoms with Crippen LogP contribution in [0.1, 0.15) is 83.2 Å². The largest absolute Gasteiger partial charge is 0.494 e. The third-order valence-corrected chi connectivity index (χ3v) is 10.3. The number of ether oxygens (including phenoxy) is 4. The van der Waals surface area contributed by atoms with E-state index in [9.17, 15) is 9.59 Å². The number of nitrogens with two attached hydrogens (primary N) is 2. The molecule has 0 radical (unpaired) electrons. The fourth-order valence-electron chi connectivity index (χ4n) is 6.87. The Morgan fingerprint density at radius 2 is 0.742 bits per heavy atom. The predicted molar refractivity (Wildman–Crippen MR) is 242 cm³/mol. The predicted octanol–water partition coefficient (Wildman–Crippen LogP) is 11.2. The normalized spacial score (nSPS) is 10.6. The molecule has 0 atom stereocenters. The summed E-state index contributed by atoms with van der Waals surface area (Å²) in [6.45, 7) is 1.62. The highest BCUT2D eigenvalue weighted by atomic mass is 16.5.